The first-order valence-electron chi connectivity index (χ1n) is 6.51. The number of hydrogen-bond donors (Lipinski definition) is 2. The van der Waals surface area contributed by atoms with E-state index in [-0.39, 0.29) is 6.04 Å². The first kappa shape index (κ1) is 13.9. The van der Waals surface area contributed by atoms with Gasteiger partial charge >= 0.3 is 0 Å². The quantitative estimate of drug-likeness (QED) is 0.836. The maximum atomic E-state index is 9.26. The molecule has 1 atom stereocenters. The molecular weight excluding hydrogens is 248 g/mol. The molecule has 0 aliphatic rings. The molecule has 4 nitrogen and oxygen atoms in total. The van der Waals surface area contributed by atoms with Crippen LogP contribution in [0.25, 0.3) is 0 Å². The van der Waals surface area contributed by atoms with E-state index in [0.717, 1.165) is 22.5 Å². The molecule has 102 valence electrons. The molecule has 1 aromatic heterocycles. The molecule has 1 unspecified atom stereocenters. The maximum absolute atomic E-state index is 9.26. The van der Waals surface area contributed by atoms with Crippen LogP contribution in [-0.4, -0.2) is 4.98 Å². The third kappa shape index (κ3) is 2.89. The monoisotopic (exact) mass is 266 g/mol. The Morgan fingerprint density at radius 1 is 1.25 bits per heavy atom. The number of nitrogens with one attached hydrogen (secondary N) is 1. The average molecular weight is 266 g/mol. The molecule has 20 heavy (non-hydrogen) atoms. The minimum atomic E-state index is 0.0522. The van der Waals surface area contributed by atoms with Gasteiger partial charge < -0.3 is 11.1 Å². The lowest BCUT2D eigenvalue weighted by atomic mass is 10.1. The van der Waals surface area contributed by atoms with Crippen LogP contribution in [0.4, 0.5) is 11.5 Å². The zero-order valence-corrected chi connectivity index (χ0v) is 11.9. The van der Waals surface area contributed by atoms with Gasteiger partial charge in [0, 0.05) is 17.4 Å². The number of pyridine rings is 1. The smallest absolute Gasteiger partial charge is 0.144 e. The van der Waals surface area contributed by atoms with Crippen molar-refractivity contribution in [1.82, 2.24) is 4.98 Å². The van der Waals surface area contributed by atoms with Gasteiger partial charge in [0.1, 0.15) is 11.9 Å². The second kappa shape index (κ2) is 5.62. The maximum Gasteiger partial charge on any atom is 0.144 e. The molecule has 0 aliphatic carbocycles. The number of nitriles is 1. The SMILES string of the molecule is Cc1cc(C)c(C#N)c(NC(C)c2ccc(N)cc2)n1. The third-order valence-electron chi connectivity index (χ3n) is 3.25. The highest BCUT2D eigenvalue weighted by Crippen LogP contribution is 2.23. The number of rotatable bonds is 3. The van der Waals surface area contributed by atoms with Crippen molar-refractivity contribution in [3.63, 3.8) is 0 Å². The summed E-state index contributed by atoms with van der Waals surface area (Å²) < 4.78 is 0. The zero-order valence-electron chi connectivity index (χ0n) is 11.9. The Labute approximate surface area is 119 Å². The Morgan fingerprint density at radius 3 is 2.50 bits per heavy atom. The van der Waals surface area contributed by atoms with Crippen LogP contribution in [-0.2, 0) is 0 Å². The number of nitrogens with two attached hydrogens (primary N) is 1. The highest BCUT2D eigenvalue weighted by molar-refractivity contribution is 5.57. The summed E-state index contributed by atoms with van der Waals surface area (Å²) in [6.45, 7) is 5.88. The minimum Gasteiger partial charge on any atom is -0.399 e. The van der Waals surface area contributed by atoms with Crippen molar-refractivity contribution in [2.75, 3.05) is 11.1 Å². The number of nitrogen functional groups attached to an aromatic ring is 1. The van der Waals surface area contributed by atoms with E-state index in [0.29, 0.717) is 11.4 Å². The highest BCUT2D eigenvalue weighted by Gasteiger charge is 2.12. The van der Waals surface area contributed by atoms with Crippen LogP contribution >= 0.6 is 0 Å². The minimum absolute atomic E-state index is 0.0522. The molecule has 1 aromatic carbocycles. The van der Waals surface area contributed by atoms with Crippen LogP contribution in [0.1, 0.15) is 35.3 Å². The molecule has 3 N–H and O–H groups in total. The van der Waals surface area contributed by atoms with Crippen molar-refractivity contribution in [3.8, 4) is 6.07 Å². The van der Waals surface area contributed by atoms with E-state index in [1.165, 1.54) is 0 Å². The second-order valence-corrected chi connectivity index (χ2v) is 4.95. The Morgan fingerprint density at radius 2 is 1.90 bits per heavy atom. The number of anilines is 2. The van der Waals surface area contributed by atoms with E-state index < -0.39 is 0 Å². The van der Waals surface area contributed by atoms with Gasteiger partial charge in [-0.25, -0.2) is 4.98 Å². The second-order valence-electron chi connectivity index (χ2n) is 4.95. The van der Waals surface area contributed by atoms with E-state index in [4.69, 9.17) is 5.73 Å². The first-order valence-corrected chi connectivity index (χ1v) is 6.51. The van der Waals surface area contributed by atoms with Gasteiger partial charge in [-0.2, -0.15) is 5.26 Å². The molecule has 2 rings (SSSR count). The van der Waals surface area contributed by atoms with Gasteiger partial charge in [0.25, 0.3) is 0 Å². The van der Waals surface area contributed by atoms with Crippen LogP contribution in [0.3, 0.4) is 0 Å². The van der Waals surface area contributed by atoms with Crippen LogP contribution in [0.5, 0.6) is 0 Å². The molecule has 4 heteroatoms. The van der Waals surface area contributed by atoms with Crippen molar-refractivity contribution in [3.05, 3.63) is 52.7 Å². The van der Waals surface area contributed by atoms with Gasteiger partial charge in [-0.3, -0.25) is 0 Å². The summed E-state index contributed by atoms with van der Waals surface area (Å²) in [5.41, 5.74) is 9.96. The summed E-state index contributed by atoms with van der Waals surface area (Å²) in [6, 6.07) is 11.9. The lowest BCUT2D eigenvalue weighted by Crippen LogP contribution is -2.10. The number of nitrogens with zero attached hydrogens (tertiary/aromatic N) is 2. The molecule has 0 spiro atoms. The average Bonchev–Trinajstić information content (AvgIpc) is 2.39. The summed E-state index contributed by atoms with van der Waals surface area (Å²) in [4.78, 5) is 4.43. The van der Waals surface area contributed by atoms with Gasteiger partial charge in [0.2, 0.25) is 0 Å². The van der Waals surface area contributed by atoms with Crippen molar-refractivity contribution in [2.45, 2.75) is 26.8 Å². The summed E-state index contributed by atoms with van der Waals surface area (Å²) in [6.07, 6.45) is 0. The van der Waals surface area contributed by atoms with Gasteiger partial charge in [-0.05, 0) is 50.1 Å². The standard InChI is InChI=1S/C16H18N4/c1-10-8-11(2)19-16(15(10)9-17)20-12(3)13-4-6-14(18)7-5-13/h4-8,12H,18H2,1-3H3,(H,19,20). The molecule has 0 aliphatic heterocycles. The molecular formula is C16H18N4. The fourth-order valence-electron chi connectivity index (χ4n) is 2.16. The summed E-state index contributed by atoms with van der Waals surface area (Å²) in [5, 5.41) is 12.6. The Balaban J connectivity index is 2.30. The zero-order chi connectivity index (χ0) is 14.7. The number of aromatic nitrogens is 1. The molecule has 0 amide bonds. The van der Waals surface area contributed by atoms with Crippen molar-refractivity contribution in [1.29, 1.82) is 5.26 Å². The molecule has 2 aromatic rings. The van der Waals surface area contributed by atoms with E-state index in [2.05, 4.69) is 16.4 Å². The fourth-order valence-corrected chi connectivity index (χ4v) is 2.16. The Hall–Kier alpha value is -2.54. The van der Waals surface area contributed by atoms with Gasteiger partial charge in [0.05, 0.1) is 5.56 Å². The van der Waals surface area contributed by atoms with E-state index in [9.17, 15) is 5.26 Å². The van der Waals surface area contributed by atoms with Gasteiger partial charge in [-0.15, -0.1) is 0 Å². The molecule has 0 saturated carbocycles. The van der Waals surface area contributed by atoms with Gasteiger partial charge in [0.15, 0.2) is 0 Å². The highest BCUT2D eigenvalue weighted by atomic mass is 15.0. The topological polar surface area (TPSA) is 74.7 Å². The van der Waals surface area contributed by atoms with Crippen LogP contribution in [0.15, 0.2) is 30.3 Å². The fraction of sp³-hybridized carbons (Fsp3) is 0.250. The lowest BCUT2D eigenvalue weighted by molar-refractivity contribution is 0.870. The van der Waals surface area contributed by atoms with Crippen LogP contribution in [0.2, 0.25) is 0 Å². The lowest BCUT2D eigenvalue weighted by Gasteiger charge is -2.17. The number of benzene rings is 1. The molecule has 0 saturated heterocycles. The van der Waals surface area contributed by atoms with Crippen molar-refractivity contribution >= 4 is 11.5 Å². The summed E-state index contributed by atoms with van der Waals surface area (Å²) >= 11 is 0. The normalized spacial score (nSPS) is 11.7. The summed E-state index contributed by atoms with van der Waals surface area (Å²) in [5.74, 6) is 0.634. The first-order chi connectivity index (χ1) is 9.51. The number of aryl methyl sites for hydroxylation is 2. The predicted octanol–water partition coefficient (Wildman–Crippen LogP) is 3.33. The Bertz CT molecular complexity index is 653. The molecule has 0 fully saturated rings. The van der Waals surface area contributed by atoms with E-state index in [1.807, 2.05) is 51.1 Å². The van der Waals surface area contributed by atoms with Crippen LogP contribution in [0, 0.1) is 25.2 Å². The van der Waals surface area contributed by atoms with Crippen LogP contribution < -0.4 is 11.1 Å². The molecule has 0 radical (unpaired) electrons. The van der Waals surface area contributed by atoms with Crippen molar-refractivity contribution in [2.24, 2.45) is 0 Å². The molecule has 0 bridgehead atoms. The predicted molar refractivity (Wildman–Crippen MR) is 81.3 cm³/mol. The van der Waals surface area contributed by atoms with Crippen molar-refractivity contribution < 1.29 is 0 Å². The van der Waals surface area contributed by atoms with E-state index in [1.54, 1.807) is 0 Å². The van der Waals surface area contributed by atoms with Gasteiger partial charge in [-0.1, -0.05) is 12.1 Å². The Kier molecular flexibility index (Phi) is 3.90. The number of hydrogen-bond acceptors (Lipinski definition) is 4. The van der Waals surface area contributed by atoms with E-state index >= 15 is 0 Å². The largest absolute Gasteiger partial charge is 0.399 e. The third-order valence-corrected chi connectivity index (χ3v) is 3.25. The summed E-state index contributed by atoms with van der Waals surface area (Å²) in [7, 11) is 0. The molecule has 1 heterocycles.